The lowest BCUT2D eigenvalue weighted by Gasteiger charge is -2.34. The molecule has 26 heavy (non-hydrogen) atoms. The van der Waals surface area contributed by atoms with E-state index in [1.807, 2.05) is 6.21 Å². The Morgan fingerprint density at radius 2 is 2.12 bits per heavy atom. The van der Waals surface area contributed by atoms with Gasteiger partial charge in [-0.1, -0.05) is 13.8 Å². The fourth-order valence-corrected chi connectivity index (χ4v) is 4.31. The second-order valence-electron chi connectivity index (χ2n) is 7.49. The van der Waals surface area contributed by atoms with E-state index in [0.717, 1.165) is 49.9 Å². The van der Waals surface area contributed by atoms with Gasteiger partial charge in [-0.05, 0) is 68.1 Å². The molecule has 0 aromatic carbocycles. The number of aryl methyl sites for hydroxylation is 1. The molecule has 1 aromatic heterocycles. The molecule has 2 unspecified atom stereocenters. The van der Waals surface area contributed by atoms with Gasteiger partial charge in [0.25, 0.3) is 0 Å². The van der Waals surface area contributed by atoms with Crippen LogP contribution in [0.25, 0.3) is 0 Å². The van der Waals surface area contributed by atoms with Crippen molar-refractivity contribution in [3.8, 4) is 0 Å². The summed E-state index contributed by atoms with van der Waals surface area (Å²) < 4.78 is 0. The highest BCUT2D eigenvalue weighted by molar-refractivity contribution is 5.78. The van der Waals surface area contributed by atoms with Gasteiger partial charge in [-0.3, -0.25) is 9.79 Å². The Kier molecular flexibility index (Phi) is 5.39. The van der Waals surface area contributed by atoms with Crippen molar-refractivity contribution >= 4 is 18.1 Å². The number of nitrogens with two attached hydrogens (primary N) is 1. The van der Waals surface area contributed by atoms with Crippen molar-refractivity contribution in [3.05, 3.63) is 28.6 Å². The van der Waals surface area contributed by atoms with Crippen molar-refractivity contribution < 1.29 is 9.90 Å². The fourth-order valence-electron chi connectivity index (χ4n) is 4.31. The van der Waals surface area contributed by atoms with Crippen LogP contribution >= 0.6 is 0 Å². The van der Waals surface area contributed by atoms with E-state index in [2.05, 4.69) is 29.9 Å². The summed E-state index contributed by atoms with van der Waals surface area (Å²) in [4.78, 5) is 25.0. The van der Waals surface area contributed by atoms with Crippen LogP contribution in [0.5, 0.6) is 0 Å². The number of hydrogen-bond donors (Lipinski definition) is 2. The molecule has 6 heteroatoms. The summed E-state index contributed by atoms with van der Waals surface area (Å²) >= 11 is 0. The first-order valence-electron chi connectivity index (χ1n) is 9.58. The van der Waals surface area contributed by atoms with Gasteiger partial charge in [-0.15, -0.1) is 0 Å². The van der Waals surface area contributed by atoms with Gasteiger partial charge in [0.1, 0.15) is 5.54 Å². The normalized spacial score (nSPS) is 22.8. The maximum atomic E-state index is 11.0. The summed E-state index contributed by atoms with van der Waals surface area (Å²) in [5.74, 6) is -0.224. The van der Waals surface area contributed by atoms with Crippen molar-refractivity contribution in [1.82, 2.24) is 9.97 Å². The molecule has 1 aromatic rings. The van der Waals surface area contributed by atoms with Crippen molar-refractivity contribution in [2.75, 3.05) is 5.73 Å². The minimum atomic E-state index is -0.754. The zero-order valence-corrected chi connectivity index (χ0v) is 15.7. The lowest BCUT2D eigenvalue weighted by molar-refractivity contribution is -0.137. The predicted molar refractivity (Wildman–Crippen MR) is 102 cm³/mol. The number of aliphatic carboxylic acids is 1. The van der Waals surface area contributed by atoms with Crippen LogP contribution in [0.4, 0.5) is 5.95 Å². The molecule has 3 N–H and O–H groups in total. The molecule has 0 bridgehead atoms. The van der Waals surface area contributed by atoms with Gasteiger partial charge in [0.15, 0.2) is 0 Å². The highest BCUT2D eigenvalue weighted by Gasteiger charge is 2.42. The van der Waals surface area contributed by atoms with E-state index in [-0.39, 0.29) is 12.3 Å². The molecule has 2 aliphatic rings. The van der Waals surface area contributed by atoms with Crippen LogP contribution in [-0.2, 0) is 23.2 Å². The lowest BCUT2D eigenvalue weighted by atomic mass is 9.75. The summed E-state index contributed by atoms with van der Waals surface area (Å²) in [5, 5.41) is 9.02. The van der Waals surface area contributed by atoms with E-state index in [1.54, 1.807) is 0 Å². The standard InChI is InChI=1S/C20H28N4O2/c1-3-14-10-11-22-20(14,12-13(2)8-9-17(25)26)18-15-6-4-5-7-16(15)23-19(21)24-18/h10-11,13H,3-9,12H2,1-2H3,(H,25,26)(H2,21,23,24). The summed E-state index contributed by atoms with van der Waals surface area (Å²) in [6.45, 7) is 4.23. The Bertz CT molecular complexity index is 756. The molecule has 0 spiro atoms. The number of nitrogen functional groups attached to an aromatic ring is 1. The zero-order chi connectivity index (χ0) is 18.7. The van der Waals surface area contributed by atoms with E-state index in [4.69, 9.17) is 15.8 Å². The molecule has 2 heterocycles. The largest absolute Gasteiger partial charge is 0.481 e. The van der Waals surface area contributed by atoms with Crippen molar-refractivity contribution in [3.63, 3.8) is 0 Å². The Labute approximate surface area is 154 Å². The van der Waals surface area contributed by atoms with Crippen molar-refractivity contribution in [2.24, 2.45) is 10.9 Å². The van der Waals surface area contributed by atoms with Crippen LogP contribution in [0, 0.1) is 5.92 Å². The Hall–Kier alpha value is -2.24. The Morgan fingerprint density at radius 1 is 1.35 bits per heavy atom. The number of aromatic nitrogens is 2. The Morgan fingerprint density at radius 3 is 2.85 bits per heavy atom. The van der Waals surface area contributed by atoms with E-state index < -0.39 is 11.5 Å². The summed E-state index contributed by atoms with van der Waals surface area (Å²) in [6, 6.07) is 0. The first-order valence-corrected chi connectivity index (χ1v) is 9.58. The van der Waals surface area contributed by atoms with Gasteiger partial charge in [0.05, 0.1) is 5.69 Å². The highest BCUT2D eigenvalue weighted by Crippen LogP contribution is 2.46. The van der Waals surface area contributed by atoms with Crippen LogP contribution in [-0.4, -0.2) is 27.3 Å². The van der Waals surface area contributed by atoms with Crippen LogP contribution in [0.3, 0.4) is 0 Å². The molecule has 6 nitrogen and oxygen atoms in total. The Balaban J connectivity index is 2.03. The van der Waals surface area contributed by atoms with Crippen LogP contribution in [0.15, 0.2) is 16.6 Å². The monoisotopic (exact) mass is 356 g/mol. The van der Waals surface area contributed by atoms with Gasteiger partial charge >= 0.3 is 5.97 Å². The average Bonchev–Trinajstić information content (AvgIpc) is 3.02. The fraction of sp³-hybridized carbons (Fsp3) is 0.600. The van der Waals surface area contributed by atoms with Gasteiger partial charge in [-0.25, -0.2) is 9.97 Å². The molecular formula is C20H28N4O2. The zero-order valence-electron chi connectivity index (χ0n) is 15.7. The third-order valence-electron chi connectivity index (χ3n) is 5.57. The van der Waals surface area contributed by atoms with Gasteiger partial charge < -0.3 is 10.8 Å². The molecule has 0 fully saturated rings. The number of allylic oxidation sites excluding steroid dienone is 1. The van der Waals surface area contributed by atoms with E-state index in [9.17, 15) is 4.79 Å². The molecule has 3 rings (SSSR count). The number of carboxylic acids is 1. The highest BCUT2D eigenvalue weighted by atomic mass is 16.4. The molecule has 0 amide bonds. The van der Waals surface area contributed by atoms with Gasteiger partial charge in [0.2, 0.25) is 5.95 Å². The predicted octanol–water partition coefficient (Wildman–Crippen LogP) is 3.44. The van der Waals surface area contributed by atoms with Gasteiger partial charge in [0, 0.05) is 18.3 Å². The molecule has 2 atom stereocenters. The molecule has 140 valence electrons. The van der Waals surface area contributed by atoms with Crippen LogP contribution < -0.4 is 5.73 Å². The SMILES string of the molecule is CCC1=CC=NC1(CC(C)CCC(=O)O)c1nc(N)nc2c1CCCC2. The van der Waals surface area contributed by atoms with E-state index >= 15 is 0 Å². The summed E-state index contributed by atoms with van der Waals surface area (Å²) in [6.07, 6.45) is 10.6. The molecular weight excluding hydrogens is 328 g/mol. The summed E-state index contributed by atoms with van der Waals surface area (Å²) in [7, 11) is 0. The number of anilines is 1. The molecule has 1 aliphatic carbocycles. The van der Waals surface area contributed by atoms with E-state index in [0.29, 0.717) is 12.4 Å². The molecule has 0 saturated carbocycles. The smallest absolute Gasteiger partial charge is 0.303 e. The summed E-state index contributed by atoms with van der Waals surface area (Å²) in [5.41, 5.74) is 9.97. The number of hydrogen-bond acceptors (Lipinski definition) is 5. The first-order chi connectivity index (χ1) is 12.5. The second kappa shape index (κ2) is 7.56. The van der Waals surface area contributed by atoms with E-state index in [1.165, 1.54) is 11.1 Å². The average molecular weight is 356 g/mol. The van der Waals surface area contributed by atoms with Gasteiger partial charge in [-0.2, -0.15) is 0 Å². The third-order valence-corrected chi connectivity index (χ3v) is 5.57. The molecule has 0 radical (unpaired) electrons. The maximum Gasteiger partial charge on any atom is 0.303 e. The maximum absolute atomic E-state index is 11.0. The number of fused-ring (bicyclic) bond motifs is 1. The van der Waals surface area contributed by atoms with Crippen LogP contribution in [0.2, 0.25) is 0 Å². The number of nitrogens with zero attached hydrogens (tertiary/aromatic N) is 3. The quantitative estimate of drug-likeness (QED) is 0.779. The minimum Gasteiger partial charge on any atom is -0.481 e. The lowest BCUT2D eigenvalue weighted by Crippen LogP contribution is -2.32. The molecule has 1 aliphatic heterocycles. The van der Waals surface area contributed by atoms with Crippen molar-refractivity contribution in [2.45, 2.75) is 70.8 Å². The minimum absolute atomic E-state index is 0.177. The number of rotatable bonds is 7. The topological polar surface area (TPSA) is 101 Å². The molecule has 0 saturated heterocycles. The number of aliphatic imine (C=N–C) groups is 1. The number of carbonyl (C=O) groups is 1. The first kappa shape index (κ1) is 18.5. The van der Waals surface area contributed by atoms with Crippen LogP contribution in [0.1, 0.15) is 69.3 Å². The van der Waals surface area contributed by atoms with Crippen molar-refractivity contribution in [1.29, 1.82) is 0 Å². The third kappa shape index (κ3) is 3.50. The second-order valence-corrected chi connectivity index (χ2v) is 7.49. The number of carboxylic acid groups (broad SMARTS) is 1.